The van der Waals surface area contributed by atoms with E-state index in [0.29, 0.717) is 4.90 Å². The molecule has 0 bridgehead atoms. The van der Waals surface area contributed by atoms with Crippen molar-refractivity contribution in [2.75, 3.05) is 34.4 Å². The van der Waals surface area contributed by atoms with E-state index in [1.165, 1.54) is 7.05 Å². The molecule has 1 aliphatic heterocycles. The minimum absolute atomic E-state index is 0.148. The lowest BCUT2D eigenvalue weighted by Crippen LogP contribution is -2.58. The first kappa shape index (κ1) is 44.4. The Hall–Kier alpha value is -4.64. The number of carbonyl (C=O) groups is 8. The lowest BCUT2D eigenvalue weighted by Gasteiger charge is -2.34. The van der Waals surface area contributed by atoms with E-state index >= 15 is 0 Å². The zero-order chi connectivity index (χ0) is 39.8. The number of hydrogen-bond acceptors (Lipinski definition) is 14. The van der Waals surface area contributed by atoms with Crippen LogP contribution in [0.15, 0.2) is 0 Å². The molecule has 1 aliphatic rings. The molecular formula is C33H54N4O14. The predicted molar refractivity (Wildman–Crippen MR) is 178 cm³/mol. The fraction of sp³-hybridized carbons (Fsp3) is 0.758. The lowest BCUT2D eigenvalue weighted by molar-refractivity contribution is -0.151. The molecule has 5 amide bonds. The number of ether oxygens (including phenoxy) is 6. The smallest absolute Gasteiger partial charge is 0.417 e. The second-order valence-electron chi connectivity index (χ2n) is 15.5. The van der Waals surface area contributed by atoms with E-state index in [-0.39, 0.29) is 32.1 Å². The first-order chi connectivity index (χ1) is 23.1. The van der Waals surface area contributed by atoms with Crippen LogP contribution in [0.25, 0.3) is 0 Å². The normalized spacial score (nSPS) is 17.7. The first-order valence-electron chi connectivity index (χ1n) is 16.2. The quantitative estimate of drug-likeness (QED) is 0.120. The average Bonchev–Trinajstić information content (AvgIpc) is 3.31. The second-order valence-corrected chi connectivity index (χ2v) is 15.5. The van der Waals surface area contributed by atoms with E-state index in [1.807, 2.05) is 0 Å². The third-order valence-electron chi connectivity index (χ3n) is 7.40. The molecule has 1 fully saturated rings. The molecule has 2 atom stereocenters. The minimum atomic E-state index is -2.14. The molecule has 0 radical (unpaired) electrons. The summed E-state index contributed by atoms with van der Waals surface area (Å²) in [5, 5.41) is 4.64. The maximum Gasteiger partial charge on any atom is 0.417 e. The van der Waals surface area contributed by atoms with Crippen LogP contribution in [0.1, 0.15) is 94.9 Å². The Bertz CT molecular complexity index is 1350. The van der Waals surface area contributed by atoms with Gasteiger partial charge in [0.1, 0.15) is 22.4 Å². The van der Waals surface area contributed by atoms with E-state index in [1.54, 1.807) is 69.2 Å². The van der Waals surface area contributed by atoms with Crippen LogP contribution in [0.3, 0.4) is 0 Å². The molecule has 0 spiro atoms. The number of esters is 2. The molecule has 0 aliphatic carbocycles. The lowest BCUT2D eigenvalue weighted by atomic mass is 9.93. The van der Waals surface area contributed by atoms with Gasteiger partial charge in [-0.2, -0.15) is 0 Å². The second kappa shape index (κ2) is 16.6. The molecule has 51 heavy (non-hydrogen) atoms. The Morgan fingerprint density at radius 2 is 1.31 bits per heavy atom. The van der Waals surface area contributed by atoms with Crippen LogP contribution < -0.4 is 10.6 Å². The summed E-state index contributed by atoms with van der Waals surface area (Å²) in [4.78, 5) is 103. The van der Waals surface area contributed by atoms with Crippen molar-refractivity contribution < 1.29 is 66.8 Å². The summed E-state index contributed by atoms with van der Waals surface area (Å²) in [6, 6.07) is 0. The Morgan fingerprint density at radius 3 is 1.78 bits per heavy atom. The molecule has 0 aromatic rings. The molecule has 0 aromatic carbocycles. The van der Waals surface area contributed by atoms with Crippen molar-refractivity contribution in [3.63, 3.8) is 0 Å². The van der Waals surface area contributed by atoms with Gasteiger partial charge < -0.3 is 43.4 Å². The van der Waals surface area contributed by atoms with Gasteiger partial charge in [-0.25, -0.2) is 33.7 Å². The Morgan fingerprint density at radius 1 is 0.784 bits per heavy atom. The molecule has 1 saturated heterocycles. The molecule has 0 aromatic heterocycles. The van der Waals surface area contributed by atoms with Gasteiger partial charge in [-0.15, -0.1) is 0 Å². The van der Waals surface area contributed by atoms with Gasteiger partial charge in [0.05, 0.1) is 27.2 Å². The van der Waals surface area contributed by atoms with E-state index in [4.69, 9.17) is 28.4 Å². The topological polar surface area (TPSA) is 222 Å². The Balaban J connectivity index is 2.90. The predicted octanol–water partition coefficient (Wildman–Crippen LogP) is 3.22. The average molecular weight is 731 g/mol. The van der Waals surface area contributed by atoms with Gasteiger partial charge in [0.15, 0.2) is 17.4 Å². The van der Waals surface area contributed by atoms with Crippen LogP contribution >= 0.6 is 0 Å². The summed E-state index contributed by atoms with van der Waals surface area (Å²) in [6.45, 7) is 15.3. The van der Waals surface area contributed by atoms with Gasteiger partial charge in [0.25, 0.3) is 0 Å². The van der Waals surface area contributed by atoms with Crippen LogP contribution in [0.5, 0.6) is 0 Å². The number of amides is 5. The van der Waals surface area contributed by atoms with Crippen LogP contribution in [0.2, 0.25) is 0 Å². The number of aldehydes is 1. The van der Waals surface area contributed by atoms with Crippen molar-refractivity contribution in [1.82, 2.24) is 20.4 Å². The molecule has 2 N–H and O–H groups in total. The van der Waals surface area contributed by atoms with Crippen molar-refractivity contribution in [3.8, 4) is 0 Å². The molecule has 18 heteroatoms. The van der Waals surface area contributed by atoms with Crippen molar-refractivity contribution >= 4 is 48.5 Å². The largest absolute Gasteiger partial charge is 0.467 e. The number of methoxy groups -OCH3 is 2. The van der Waals surface area contributed by atoms with Gasteiger partial charge in [0, 0.05) is 20.0 Å². The molecular weight excluding hydrogens is 676 g/mol. The van der Waals surface area contributed by atoms with Gasteiger partial charge in [-0.3, -0.25) is 10.1 Å². The number of carbonyl (C=O) groups excluding carboxylic acids is 8. The number of alkyl carbamates (subject to hydrolysis) is 2. The number of rotatable bonds is 13. The van der Waals surface area contributed by atoms with Crippen LogP contribution in [-0.4, -0.2) is 126 Å². The van der Waals surface area contributed by atoms with Gasteiger partial charge in [0.2, 0.25) is 5.91 Å². The zero-order valence-corrected chi connectivity index (χ0v) is 31.9. The number of imide groups is 1. The fourth-order valence-corrected chi connectivity index (χ4v) is 4.66. The molecule has 1 heterocycles. The standard InChI is InChI=1S/C33H54N4O14/c1-28(2,3)48-24(42)34-32(20-38,22(40)46-12)16-17-36(11)26(44)51-31(9,10)15-14-30(7,8)49-25(43)35-33(23(41)47-13)18-21(39)37(19-33)27(45)50-29(4,5)6/h20H,14-19H2,1-13H3,(H,34,42)(H,35,43). The Labute approximate surface area is 298 Å². The summed E-state index contributed by atoms with van der Waals surface area (Å²) in [7, 11) is 3.48. The van der Waals surface area contributed by atoms with E-state index < -0.39 is 88.7 Å². The zero-order valence-electron chi connectivity index (χ0n) is 31.9. The molecule has 18 nitrogen and oxygen atoms in total. The van der Waals surface area contributed by atoms with Crippen LogP contribution in [-0.2, 0) is 47.6 Å². The number of hydrogen-bond donors (Lipinski definition) is 2. The minimum Gasteiger partial charge on any atom is -0.467 e. The van der Waals surface area contributed by atoms with Crippen molar-refractivity contribution in [2.24, 2.45) is 0 Å². The highest BCUT2D eigenvalue weighted by molar-refractivity contribution is 6.02. The first-order valence-corrected chi connectivity index (χ1v) is 16.2. The van der Waals surface area contributed by atoms with Crippen molar-refractivity contribution in [1.29, 1.82) is 0 Å². The fourth-order valence-electron chi connectivity index (χ4n) is 4.66. The van der Waals surface area contributed by atoms with Gasteiger partial charge >= 0.3 is 36.3 Å². The van der Waals surface area contributed by atoms with Gasteiger partial charge in [-0.05, 0) is 82.1 Å². The van der Waals surface area contributed by atoms with Crippen molar-refractivity contribution in [2.45, 2.75) is 128 Å². The van der Waals surface area contributed by atoms with Crippen molar-refractivity contribution in [3.05, 3.63) is 0 Å². The van der Waals surface area contributed by atoms with Crippen LogP contribution in [0.4, 0.5) is 19.2 Å². The van der Waals surface area contributed by atoms with E-state index in [9.17, 15) is 38.4 Å². The third-order valence-corrected chi connectivity index (χ3v) is 7.40. The number of likely N-dealkylation sites (tertiary alicyclic amines) is 1. The maximum atomic E-state index is 13.1. The van der Waals surface area contributed by atoms with Gasteiger partial charge in [-0.1, -0.05) is 0 Å². The molecule has 0 saturated carbocycles. The molecule has 1 rings (SSSR count). The van der Waals surface area contributed by atoms with Crippen LogP contribution in [0, 0.1) is 0 Å². The summed E-state index contributed by atoms with van der Waals surface area (Å²) < 4.78 is 31.2. The monoisotopic (exact) mass is 730 g/mol. The summed E-state index contributed by atoms with van der Waals surface area (Å²) >= 11 is 0. The summed E-state index contributed by atoms with van der Waals surface area (Å²) in [5.74, 6) is -2.79. The molecule has 290 valence electrons. The highest BCUT2D eigenvalue weighted by Gasteiger charge is 2.54. The highest BCUT2D eigenvalue weighted by Crippen LogP contribution is 2.29. The summed E-state index contributed by atoms with van der Waals surface area (Å²) in [6.07, 6.45) is -4.32. The maximum absolute atomic E-state index is 13.1. The number of nitrogens with zero attached hydrogens (tertiary/aromatic N) is 2. The number of nitrogens with one attached hydrogen (secondary N) is 2. The highest BCUT2D eigenvalue weighted by atomic mass is 16.6. The molecule has 2 unspecified atom stereocenters. The van der Waals surface area contributed by atoms with E-state index in [0.717, 1.165) is 19.1 Å². The Kier molecular flexibility index (Phi) is 14.4. The third kappa shape index (κ3) is 13.5. The summed E-state index contributed by atoms with van der Waals surface area (Å²) in [5.41, 5.74) is -8.23. The van der Waals surface area contributed by atoms with E-state index in [2.05, 4.69) is 10.6 Å². The SMILES string of the molecule is COC(=O)C(C=O)(CCN(C)C(=O)OC(C)(C)CCC(C)(C)OC(=O)NC1(C(=O)OC)CC(=O)N(C(=O)OC(C)(C)C)C1)NC(=O)OC(C)(C)C.